The summed E-state index contributed by atoms with van der Waals surface area (Å²) in [7, 11) is 0. The highest BCUT2D eigenvalue weighted by atomic mass is 32.1. The summed E-state index contributed by atoms with van der Waals surface area (Å²) in [6.45, 7) is -0.0701. The van der Waals surface area contributed by atoms with Gasteiger partial charge in [0.05, 0.1) is 0 Å². The molecule has 29 heavy (non-hydrogen) atoms. The van der Waals surface area contributed by atoms with Crippen molar-refractivity contribution in [1.29, 1.82) is 0 Å². The van der Waals surface area contributed by atoms with Crippen molar-refractivity contribution in [2.24, 2.45) is 0 Å². The molecule has 2 heterocycles. The number of anilines is 1. The van der Waals surface area contributed by atoms with Gasteiger partial charge in [-0.2, -0.15) is 9.61 Å². The van der Waals surface area contributed by atoms with Crippen LogP contribution in [0.2, 0.25) is 0 Å². The van der Waals surface area contributed by atoms with Crippen molar-refractivity contribution in [3.8, 4) is 16.3 Å². The smallest absolute Gasteiger partial charge is 0.262 e. The van der Waals surface area contributed by atoms with Gasteiger partial charge in [0.25, 0.3) is 5.91 Å². The standard InChI is InChI=1S/C21H15N5O2S/c27-19(12-28-18-9-8-14-4-1-2-5-15(14)11-18)23-17-7-3-6-16(10-17)20-25-26-13-22-24-21(26)29-20/h1-11,13H,12H2,(H,23,27). The summed E-state index contributed by atoms with van der Waals surface area (Å²) in [6, 6.07) is 21.3. The topological polar surface area (TPSA) is 81.4 Å². The number of amides is 1. The third kappa shape index (κ3) is 3.65. The molecule has 0 aliphatic rings. The average Bonchev–Trinajstić information content (AvgIpc) is 3.35. The number of benzene rings is 3. The van der Waals surface area contributed by atoms with Gasteiger partial charge in [-0.15, -0.1) is 10.2 Å². The van der Waals surface area contributed by atoms with Crippen LogP contribution in [0.5, 0.6) is 5.75 Å². The van der Waals surface area contributed by atoms with Gasteiger partial charge in [0.2, 0.25) is 4.96 Å². The van der Waals surface area contributed by atoms with Crippen molar-refractivity contribution in [3.63, 3.8) is 0 Å². The lowest BCUT2D eigenvalue weighted by Crippen LogP contribution is -2.20. The van der Waals surface area contributed by atoms with E-state index in [-0.39, 0.29) is 12.5 Å². The number of carbonyl (C=O) groups excluding carboxylic acids is 1. The number of hydrogen-bond donors (Lipinski definition) is 1. The molecule has 0 unspecified atom stereocenters. The third-order valence-electron chi connectivity index (χ3n) is 4.37. The molecule has 2 aromatic heterocycles. The first-order valence-electron chi connectivity index (χ1n) is 8.93. The molecule has 142 valence electrons. The minimum atomic E-state index is -0.228. The van der Waals surface area contributed by atoms with Crippen LogP contribution >= 0.6 is 11.3 Å². The molecular formula is C21H15N5O2S. The Labute approximate surface area is 169 Å². The summed E-state index contributed by atoms with van der Waals surface area (Å²) in [6.07, 6.45) is 1.56. The molecule has 0 fully saturated rings. The number of nitrogens with zero attached hydrogens (tertiary/aromatic N) is 4. The summed E-state index contributed by atoms with van der Waals surface area (Å²) >= 11 is 1.43. The fraction of sp³-hybridized carbons (Fsp3) is 0.0476. The van der Waals surface area contributed by atoms with Crippen LogP contribution in [0.25, 0.3) is 26.3 Å². The van der Waals surface area contributed by atoms with E-state index in [0.29, 0.717) is 11.4 Å². The number of rotatable bonds is 5. The molecule has 3 aromatic carbocycles. The Hall–Kier alpha value is -3.78. The van der Waals surface area contributed by atoms with E-state index in [2.05, 4.69) is 20.6 Å². The summed E-state index contributed by atoms with van der Waals surface area (Å²) in [5.74, 6) is 0.431. The van der Waals surface area contributed by atoms with Gasteiger partial charge in [-0.25, -0.2) is 0 Å². The maximum Gasteiger partial charge on any atom is 0.262 e. The van der Waals surface area contributed by atoms with E-state index < -0.39 is 0 Å². The molecule has 0 saturated heterocycles. The van der Waals surface area contributed by atoms with Crippen molar-refractivity contribution in [2.75, 3.05) is 11.9 Å². The molecule has 1 amide bonds. The first-order chi connectivity index (χ1) is 14.2. The van der Waals surface area contributed by atoms with Crippen LogP contribution in [-0.2, 0) is 4.79 Å². The van der Waals surface area contributed by atoms with Crippen LogP contribution in [0.3, 0.4) is 0 Å². The van der Waals surface area contributed by atoms with Gasteiger partial charge in [-0.1, -0.05) is 53.8 Å². The highest BCUT2D eigenvalue weighted by Crippen LogP contribution is 2.27. The zero-order chi connectivity index (χ0) is 19.6. The third-order valence-corrected chi connectivity index (χ3v) is 5.33. The zero-order valence-electron chi connectivity index (χ0n) is 15.1. The van der Waals surface area contributed by atoms with Gasteiger partial charge in [0.15, 0.2) is 6.61 Å². The lowest BCUT2D eigenvalue weighted by Gasteiger charge is -2.09. The lowest BCUT2D eigenvalue weighted by molar-refractivity contribution is -0.118. The number of hydrogen-bond acceptors (Lipinski definition) is 6. The minimum Gasteiger partial charge on any atom is -0.484 e. The van der Waals surface area contributed by atoms with Crippen LogP contribution in [0, 0.1) is 0 Å². The predicted octanol–water partition coefficient (Wildman–Crippen LogP) is 4.02. The Morgan fingerprint density at radius 3 is 2.83 bits per heavy atom. The second-order valence-corrected chi connectivity index (χ2v) is 7.35. The predicted molar refractivity (Wildman–Crippen MR) is 112 cm³/mol. The van der Waals surface area contributed by atoms with Gasteiger partial charge in [0, 0.05) is 11.3 Å². The molecular weight excluding hydrogens is 386 g/mol. The van der Waals surface area contributed by atoms with E-state index in [1.165, 1.54) is 11.3 Å². The van der Waals surface area contributed by atoms with Crippen molar-refractivity contribution < 1.29 is 9.53 Å². The van der Waals surface area contributed by atoms with Gasteiger partial charge in [-0.3, -0.25) is 4.79 Å². The van der Waals surface area contributed by atoms with Crippen LogP contribution in [-0.4, -0.2) is 32.3 Å². The second-order valence-electron chi connectivity index (χ2n) is 6.39. The maximum absolute atomic E-state index is 12.3. The highest BCUT2D eigenvalue weighted by Gasteiger charge is 2.10. The van der Waals surface area contributed by atoms with Crippen LogP contribution in [0.1, 0.15) is 0 Å². The van der Waals surface area contributed by atoms with Crippen molar-refractivity contribution in [2.45, 2.75) is 0 Å². The summed E-state index contributed by atoms with van der Waals surface area (Å²) < 4.78 is 7.28. The molecule has 0 aliphatic carbocycles. The molecule has 0 spiro atoms. The first-order valence-corrected chi connectivity index (χ1v) is 9.75. The average molecular weight is 401 g/mol. The molecule has 5 aromatic rings. The summed E-state index contributed by atoms with van der Waals surface area (Å²) in [5.41, 5.74) is 1.58. The number of aromatic nitrogens is 4. The monoisotopic (exact) mass is 401 g/mol. The first kappa shape index (κ1) is 17.3. The number of carbonyl (C=O) groups is 1. The van der Waals surface area contributed by atoms with Gasteiger partial charge in [-0.05, 0) is 35.0 Å². The van der Waals surface area contributed by atoms with E-state index in [1.54, 1.807) is 10.8 Å². The fourth-order valence-electron chi connectivity index (χ4n) is 3.01. The molecule has 8 heteroatoms. The van der Waals surface area contributed by atoms with Gasteiger partial charge in [0.1, 0.15) is 17.1 Å². The Bertz CT molecular complexity index is 1300. The zero-order valence-corrected chi connectivity index (χ0v) is 16.0. The molecule has 0 saturated carbocycles. The van der Waals surface area contributed by atoms with Crippen LogP contribution < -0.4 is 10.1 Å². The normalized spacial score (nSPS) is 11.0. The van der Waals surface area contributed by atoms with Crippen molar-refractivity contribution >= 4 is 38.7 Å². The molecule has 5 rings (SSSR count). The Kier molecular flexibility index (Phi) is 4.38. The van der Waals surface area contributed by atoms with Crippen molar-refractivity contribution in [3.05, 3.63) is 73.1 Å². The summed E-state index contributed by atoms with van der Waals surface area (Å²) in [4.78, 5) is 13.0. The number of fused-ring (bicyclic) bond motifs is 2. The Morgan fingerprint density at radius 1 is 1.03 bits per heavy atom. The molecule has 0 radical (unpaired) electrons. The largest absolute Gasteiger partial charge is 0.484 e. The maximum atomic E-state index is 12.3. The van der Waals surface area contributed by atoms with E-state index in [9.17, 15) is 4.79 Å². The van der Waals surface area contributed by atoms with Gasteiger partial charge < -0.3 is 10.1 Å². The molecule has 1 N–H and O–H groups in total. The summed E-state index contributed by atoms with van der Waals surface area (Å²) in [5, 5.41) is 18.1. The highest BCUT2D eigenvalue weighted by molar-refractivity contribution is 7.19. The van der Waals surface area contributed by atoms with E-state index in [0.717, 1.165) is 26.3 Å². The second kappa shape index (κ2) is 7.33. The van der Waals surface area contributed by atoms with Gasteiger partial charge >= 0.3 is 0 Å². The van der Waals surface area contributed by atoms with Crippen LogP contribution in [0.15, 0.2) is 73.1 Å². The quantitative estimate of drug-likeness (QED) is 0.481. The SMILES string of the molecule is O=C(COc1ccc2ccccc2c1)Nc1cccc(-c2nn3cnnc3s2)c1. The molecule has 0 aliphatic heterocycles. The number of ether oxygens (including phenoxy) is 1. The molecule has 7 nitrogen and oxygen atoms in total. The molecule has 0 bridgehead atoms. The van der Waals surface area contributed by atoms with Crippen molar-refractivity contribution in [1.82, 2.24) is 19.8 Å². The van der Waals surface area contributed by atoms with E-state index in [1.807, 2.05) is 66.7 Å². The van der Waals surface area contributed by atoms with E-state index in [4.69, 9.17) is 4.74 Å². The fourth-order valence-corrected chi connectivity index (χ4v) is 3.83. The Morgan fingerprint density at radius 2 is 1.93 bits per heavy atom. The lowest BCUT2D eigenvalue weighted by atomic mass is 10.1. The number of nitrogens with one attached hydrogen (secondary N) is 1. The Balaban J connectivity index is 1.26. The minimum absolute atomic E-state index is 0.0701. The molecule has 0 atom stereocenters. The van der Waals surface area contributed by atoms with Crippen LogP contribution in [0.4, 0.5) is 5.69 Å². The van der Waals surface area contributed by atoms with E-state index >= 15 is 0 Å².